The van der Waals surface area contributed by atoms with Crippen molar-refractivity contribution in [3.05, 3.63) is 107 Å². The standard InChI is InChI=1S/C27H17F5/c1-16(28)14-19-9-4-8-18(12-13-20-15-23(29)26(31)27(32)25(20)30)24(19)22-11-5-7-17-6-2-3-10-21(17)22/h2-11,15-16H,14H2,1H3. The summed E-state index contributed by atoms with van der Waals surface area (Å²) < 4.78 is 68.5. The molecule has 4 aromatic rings. The highest BCUT2D eigenvalue weighted by molar-refractivity contribution is 5.98. The fraction of sp³-hybridized carbons (Fsp3) is 0.111. The van der Waals surface area contributed by atoms with Crippen molar-refractivity contribution in [3.8, 4) is 23.0 Å². The van der Waals surface area contributed by atoms with Crippen molar-refractivity contribution in [1.29, 1.82) is 0 Å². The zero-order valence-corrected chi connectivity index (χ0v) is 17.0. The van der Waals surface area contributed by atoms with E-state index < -0.39 is 35.0 Å². The van der Waals surface area contributed by atoms with E-state index >= 15 is 0 Å². The molecule has 160 valence electrons. The van der Waals surface area contributed by atoms with E-state index in [1.165, 1.54) is 6.92 Å². The van der Waals surface area contributed by atoms with E-state index in [0.29, 0.717) is 22.8 Å². The molecule has 0 saturated heterocycles. The Morgan fingerprint density at radius 3 is 2.22 bits per heavy atom. The molecule has 32 heavy (non-hydrogen) atoms. The second kappa shape index (κ2) is 8.84. The summed E-state index contributed by atoms with van der Waals surface area (Å²) in [5.74, 6) is -1.72. The quantitative estimate of drug-likeness (QED) is 0.136. The predicted octanol–water partition coefficient (Wildman–Crippen LogP) is 7.36. The average molecular weight is 436 g/mol. The number of alkyl halides is 1. The maximum Gasteiger partial charge on any atom is 0.198 e. The predicted molar refractivity (Wildman–Crippen MR) is 116 cm³/mol. The zero-order chi connectivity index (χ0) is 22.8. The molecule has 0 heterocycles. The van der Waals surface area contributed by atoms with Crippen LogP contribution in [0.5, 0.6) is 0 Å². The molecule has 1 atom stereocenters. The lowest BCUT2D eigenvalue weighted by molar-refractivity contribution is 0.360. The van der Waals surface area contributed by atoms with Crippen LogP contribution in [0.1, 0.15) is 23.6 Å². The first kappa shape index (κ1) is 21.6. The average Bonchev–Trinajstić information content (AvgIpc) is 2.78. The topological polar surface area (TPSA) is 0 Å². The van der Waals surface area contributed by atoms with Gasteiger partial charge in [-0.3, -0.25) is 0 Å². The summed E-state index contributed by atoms with van der Waals surface area (Å²) in [4.78, 5) is 0. The summed E-state index contributed by atoms with van der Waals surface area (Å²) in [6.45, 7) is 1.45. The molecular weight excluding hydrogens is 419 g/mol. The SMILES string of the molecule is CC(F)Cc1cccc(C#Cc2cc(F)c(F)c(F)c2F)c1-c1cccc2ccccc12. The third-order valence-electron chi connectivity index (χ3n) is 5.15. The highest BCUT2D eigenvalue weighted by Gasteiger charge is 2.18. The highest BCUT2D eigenvalue weighted by atomic mass is 19.2. The number of hydrogen-bond acceptors (Lipinski definition) is 0. The van der Waals surface area contributed by atoms with E-state index in [1.54, 1.807) is 18.2 Å². The summed E-state index contributed by atoms with van der Waals surface area (Å²) >= 11 is 0. The summed E-state index contributed by atoms with van der Waals surface area (Å²) in [7, 11) is 0. The number of hydrogen-bond donors (Lipinski definition) is 0. The Morgan fingerprint density at radius 2 is 1.44 bits per heavy atom. The Labute approximate surface area is 182 Å². The van der Waals surface area contributed by atoms with Crippen molar-refractivity contribution in [2.45, 2.75) is 19.5 Å². The van der Waals surface area contributed by atoms with E-state index in [2.05, 4.69) is 11.8 Å². The molecule has 0 bridgehead atoms. The molecular formula is C27H17F5. The molecule has 0 spiro atoms. The van der Waals surface area contributed by atoms with Crippen LogP contribution in [-0.4, -0.2) is 6.17 Å². The van der Waals surface area contributed by atoms with Crippen molar-refractivity contribution in [3.63, 3.8) is 0 Å². The van der Waals surface area contributed by atoms with Gasteiger partial charge in [0, 0.05) is 17.5 Å². The van der Waals surface area contributed by atoms with Gasteiger partial charge in [0.25, 0.3) is 0 Å². The van der Waals surface area contributed by atoms with Crippen molar-refractivity contribution >= 4 is 10.8 Å². The van der Waals surface area contributed by atoms with Gasteiger partial charge in [0.15, 0.2) is 23.3 Å². The molecule has 0 N–H and O–H groups in total. The second-order valence-electron chi connectivity index (χ2n) is 7.45. The van der Waals surface area contributed by atoms with Crippen LogP contribution in [0.4, 0.5) is 22.0 Å². The van der Waals surface area contributed by atoms with Crippen LogP contribution in [0, 0.1) is 35.1 Å². The first-order valence-corrected chi connectivity index (χ1v) is 9.96. The normalized spacial score (nSPS) is 11.8. The molecule has 0 nitrogen and oxygen atoms in total. The fourth-order valence-corrected chi connectivity index (χ4v) is 3.74. The van der Waals surface area contributed by atoms with E-state index in [9.17, 15) is 22.0 Å². The van der Waals surface area contributed by atoms with Gasteiger partial charge in [0.1, 0.15) is 6.17 Å². The number of rotatable bonds is 3. The maximum absolute atomic E-state index is 14.1. The molecule has 4 rings (SSSR count). The third-order valence-corrected chi connectivity index (χ3v) is 5.15. The van der Waals surface area contributed by atoms with Crippen LogP contribution >= 0.6 is 0 Å². The van der Waals surface area contributed by atoms with Gasteiger partial charge in [-0.2, -0.15) is 0 Å². The minimum Gasteiger partial charge on any atom is -0.247 e. The lowest BCUT2D eigenvalue weighted by Gasteiger charge is -2.15. The molecule has 0 fully saturated rings. The molecule has 4 aromatic carbocycles. The summed E-state index contributed by atoms with van der Waals surface area (Å²) in [6.07, 6.45) is -0.993. The van der Waals surface area contributed by atoms with Gasteiger partial charge in [-0.15, -0.1) is 0 Å². The van der Waals surface area contributed by atoms with E-state index in [1.807, 2.05) is 42.5 Å². The second-order valence-corrected chi connectivity index (χ2v) is 7.45. The monoisotopic (exact) mass is 436 g/mol. The highest BCUT2D eigenvalue weighted by Crippen LogP contribution is 2.34. The van der Waals surface area contributed by atoms with E-state index in [-0.39, 0.29) is 6.42 Å². The molecule has 0 amide bonds. The Kier molecular flexibility index (Phi) is 5.96. The van der Waals surface area contributed by atoms with E-state index in [0.717, 1.165) is 16.3 Å². The summed E-state index contributed by atoms with van der Waals surface area (Å²) in [5.41, 5.74) is 1.99. The Bertz CT molecular complexity index is 1370. The van der Waals surface area contributed by atoms with E-state index in [4.69, 9.17) is 0 Å². The van der Waals surface area contributed by atoms with Crippen LogP contribution < -0.4 is 0 Å². The van der Waals surface area contributed by atoms with Gasteiger partial charge in [-0.1, -0.05) is 66.4 Å². The van der Waals surface area contributed by atoms with Gasteiger partial charge in [-0.05, 0) is 41.0 Å². The van der Waals surface area contributed by atoms with Gasteiger partial charge >= 0.3 is 0 Å². The molecule has 0 aromatic heterocycles. The lowest BCUT2D eigenvalue weighted by Crippen LogP contribution is -2.02. The molecule has 0 aliphatic heterocycles. The van der Waals surface area contributed by atoms with Crippen molar-refractivity contribution in [2.24, 2.45) is 0 Å². The van der Waals surface area contributed by atoms with Gasteiger partial charge < -0.3 is 0 Å². The first-order valence-electron chi connectivity index (χ1n) is 9.96. The minimum absolute atomic E-state index is 0.127. The molecule has 0 aliphatic carbocycles. The molecule has 1 unspecified atom stereocenters. The van der Waals surface area contributed by atoms with Crippen molar-refractivity contribution < 1.29 is 22.0 Å². The van der Waals surface area contributed by atoms with Crippen LogP contribution in [0.15, 0.2) is 66.7 Å². The lowest BCUT2D eigenvalue weighted by atomic mass is 9.89. The first-order chi connectivity index (χ1) is 15.4. The third kappa shape index (κ3) is 4.09. The zero-order valence-electron chi connectivity index (χ0n) is 17.0. The maximum atomic E-state index is 14.1. The molecule has 0 aliphatic rings. The molecule has 0 radical (unpaired) electrons. The molecule has 5 heteroatoms. The largest absolute Gasteiger partial charge is 0.247 e. The summed E-state index contributed by atoms with van der Waals surface area (Å²) in [6, 6.07) is 19.0. The number of benzene rings is 4. The molecule has 0 saturated carbocycles. The number of halogens is 5. The minimum atomic E-state index is -1.91. The van der Waals surface area contributed by atoms with Crippen LogP contribution in [0.2, 0.25) is 0 Å². The number of fused-ring (bicyclic) bond motifs is 1. The van der Waals surface area contributed by atoms with Crippen LogP contribution in [-0.2, 0) is 6.42 Å². The Morgan fingerprint density at radius 1 is 0.750 bits per heavy atom. The van der Waals surface area contributed by atoms with Gasteiger partial charge in [0.2, 0.25) is 0 Å². The van der Waals surface area contributed by atoms with Crippen LogP contribution in [0.3, 0.4) is 0 Å². The van der Waals surface area contributed by atoms with Crippen LogP contribution in [0.25, 0.3) is 21.9 Å². The van der Waals surface area contributed by atoms with Crippen molar-refractivity contribution in [2.75, 3.05) is 0 Å². The smallest absolute Gasteiger partial charge is 0.198 e. The Balaban J connectivity index is 1.95. The Hall–Kier alpha value is -3.65. The van der Waals surface area contributed by atoms with Gasteiger partial charge in [0.05, 0.1) is 5.56 Å². The van der Waals surface area contributed by atoms with Crippen molar-refractivity contribution in [1.82, 2.24) is 0 Å². The fourth-order valence-electron chi connectivity index (χ4n) is 3.74. The van der Waals surface area contributed by atoms with Gasteiger partial charge in [-0.25, -0.2) is 22.0 Å². The summed E-state index contributed by atoms with van der Waals surface area (Å²) in [5, 5.41) is 1.89.